The van der Waals surface area contributed by atoms with E-state index in [0.717, 1.165) is 5.69 Å². The quantitative estimate of drug-likeness (QED) is 0.399. The molecule has 0 spiro atoms. The lowest BCUT2D eigenvalue weighted by Gasteiger charge is -2.06. The van der Waals surface area contributed by atoms with Crippen LogP contribution in [0.1, 0.15) is 16.1 Å². The van der Waals surface area contributed by atoms with Crippen LogP contribution >= 0.6 is 0 Å². The fourth-order valence-electron chi connectivity index (χ4n) is 2.77. The van der Waals surface area contributed by atoms with Crippen LogP contribution in [0.15, 0.2) is 79.4 Å². The number of halogens is 2. The number of rotatable bonds is 4. The Balaban J connectivity index is 1.66. The summed E-state index contributed by atoms with van der Waals surface area (Å²) in [5, 5.41) is 0. The Morgan fingerprint density at radius 2 is 1.74 bits per heavy atom. The van der Waals surface area contributed by atoms with Crippen molar-refractivity contribution in [1.29, 1.82) is 0 Å². The third kappa shape index (κ3) is 3.37. The molecule has 0 saturated carbocycles. The lowest BCUT2D eigenvalue weighted by molar-refractivity contribution is 0.103. The molecule has 0 amide bonds. The third-order valence-electron chi connectivity index (χ3n) is 4.14. The van der Waals surface area contributed by atoms with Crippen LogP contribution < -0.4 is 0 Å². The van der Waals surface area contributed by atoms with Crippen molar-refractivity contribution in [2.45, 2.75) is 0 Å². The highest BCUT2D eigenvalue weighted by molar-refractivity contribution is 6.07. The number of aromatic nitrogens is 3. The second-order valence-electron chi connectivity index (χ2n) is 5.89. The van der Waals surface area contributed by atoms with Crippen molar-refractivity contribution in [1.82, 2.24) is 14.5 Å². The number of imidazole rings is 1. The topological polar surface area (TPSA) is 47.8 Å². The molecule has 4 rings (SSSR count). The summed E-state index contributed by atoms with van der Waals surface area (Å²) >= 11 is 0. The van der Waals surface area contributed by atoms with Crippen LogP contribution in [0.25, 0.3) is 16.8 Å². The number of hydrogen-bond acceptors (Lipinski definition) is 3. The van der Waals surface area contributed by atoms with E-state index in [2.05, 4.69) is 9.97 Å². The van der Waals surface area contributed by atoms with Crippen molar-refractivity contribution in [3.63, 3.8) is 0 Å². The van der Waals surface area contributed by atoms with Crippen LogP contribution in [0.4, 0.5) is 8.78 Å². The molecule has 0 saturated heterocycles. The van der Waals surface area contributed by atoms with Crippen LogP contribution in [-0.2, 0) is 0 Å². The van der Waals surface area contributed by atoms with Crippen molar-refractivity contribution in [2.24, 2.45) is 0 Å². The Morgan fingerprint density at radius 3 is 2.52 bits per heavy atom. The highest BCUT2D eigenvalue weighted by Gasteiger charge is 2.13. The molecule has 2 heterocycles. The minimum atomic E-state index is -0.549. The first-order valence-electron chi connectivity index (χ1n) is 8.17. The summed E-state index contributed by atoms with van der Waals surface area (Å²) in [5.74, 6) is -1.26. The minimum Gasteiger partial charge on any atom is -0.306 e. The number of pyridine rings is 1. The number of hydrogen-bond donors (Lipinski definition) is 0. The van der Waals surface area contributed by atoms with E-state index in [1.807, 2.05) is 6.07 Å². The van der Waals surface area contributed by atoms with Crippen LogP contribution in [0.5, 0.6) is 0 Å². The molecule has 0 fully saturated rings. The van der Waals surface area contributed by atoms with Crippen molar-refractivity contribution >= 4 is 5.78 Å². The molecular weight excluding hydrogens is 348 g/mol. The summed E-state index contributed by atoms with van der Waals surface area (Å²) in [6.45, 7) is 0. The molecular formula is C21H13F2N3O. The number of benzene rings is 2. The average Bonchev–Trinajstić information content (AvgIpc) is 3.19. The molecule has 0 aliphatic carbocycles. The Bertz CT molecular complexity index is 1120. The summed E-state index contributed by atoms with van der Waals surface area (Å²) in [6, 6.07) is 15.8. The summed E-state index contributed by atoms with van der Waals surface area (Å²) in [6.07, 6.45) is 4.49. The first-order valence-corrected chi connectivity index (χ1v) is 8.17. The first kappa shape index (κ1) is 16.8. The van der Waals surface area contributed by atoms with E-state index in [-0.39, 0.29) is 11.5 Å². The van der Waals surface area contributed by atoms with E-state index < -0.39 is 11.8 Å². The van der Waals surface area contributed by atoms with Crippen LogP contribution in [0, 0.1) is 11.8 Å². The van der Waals surface area contributed by atoms with Gasteiger partial charge in [0.1, 0.15) is 17.8 Å². The molecule has 4 nitrogen and oxygen atoms in total. The average molecular weight is 361 g/mol. The number of carbonyl (C=O) groups is 1. The van der Waals surface area contributed by atoms with Gasteiger partial charge in [-0.15, -0.1) is 0 Å². The standard InChI is InChI=1S/C21H13F2N3O/c22-16-8-6-14(7-9-16)20(27)19-12-26(13-25-19)17-4-1-3-15(11-17)18-5-2-10-24-21(18)23/h1-13H. The molecule has 4 aromatic rings. The van der Waals surface area contributed by atoms with E-state index in [0.29, 0.717) is 16.7 Å². The van der Waals surface area contributed by atoms with Crippen LogP contribution in [0.2, 0.25) is 0 Å². The Morgan fingerprint density at radius 1 is 0.926 bits per heavy atom. The molecule has 0 aliphatic heterocycles. The first-order chi connectivity index (χ1) is 13.1. The Hall–Kier alpha value is -3.67. The Kier molecular flexibility index (Phi) is 4.30. The largest absolute Gasteiger partial charge is 0.306 e. The van der Waals surface area contributed by atoms with Gasteiger partial charge in [0.25, 0.3) is 0 Å². The summed E-state index contributed by atoms with van der Waals surface area (Å²) in [7, 11) is 0. The summed E-state index contributed by atoms with van der Waals surface area (Å²) < 4.78 is 28.6. The van der Waals surface area contributed by atoms with Crippen molar-refractivity contribution in [3.8, 4) is 16.8 Å². The predicted molar refractivity (Wildman–Crippen MR) is 96.6 cm³/mol. The van der Waals surface area contributed by atoms with E-state index in [1.165, 1.54) is 36.8 Å². The van der Waals surface area contributed by atoms with Crippen molar-refractivity contribution < 1.29 is 13.6 Å². The zero-order valence-electron chi connectivity index (χ0n) is 14.0. The SMILES string of the molecule is O=C(c1ccc(F)cc1)c1cn(-c2cccc(-c3cccnc3F)c2)cn1. The van der Waals surface area contributed by atoms with Gasteiger partial charge in [-0.3, -0.25) is 4.79 Å². The molecule has 0 N–H and O–H groups in total. The fourth-order valence-corrected chi connectivity index (χ4v) is 2.77. The highest BCUT2D eigenvalue weighted by atomic mass is 19.1. The summed E-state index contributed by atoms with van der Waals surface area (Å²) in [4.78, 5) is 20.3. The maximum Gasteiger partial charge on any atom is 0.220 e. The van der Waals surface area contributed by atoms with E-state index in [1.54, 1.807) is 41.1 Å². The molecule has 132 valence electrons. The lowest BCUT2D eigenvalue weighted by Crippen LogP contribution is -2.01. The molecule has 0 bridgehead atoms. The maximum atomic E-state index is 13.9. The van der Waals surface area contributed by atoms with Gasteiger partial charge >= 0.3 is 0 Å². The highest BCUT2D eigenvalue weighted by Crippen LogP contribution is 2.24. The molecule has 27 heavy (non-hydrogen) atoms. The van der Waals surface area contributed by atoms with Crippen LogP contribution in [-0.4, -0.2) is 20.3 Å². The Labute approximate surface area is 153 Å². The zero-order valence-corrected chi connectivity index (χ0v) is 14.0. The lowest BCUT2D eigenvalue weighted by atomic mass is 10.1. The molecule has 0 aliphatic rings. The maximum absolute atomic E-state index is 13.9. The van der Waals surface area contributed by atoms with Gasteiger partial charge in [0.05, 0.1) is 0 Å². The second kappa shape index (κ2) is 6.92. The minimum absolute atomic E-state index is 0.236. The molecule has 6 heteroatoms. The van der Waals surface area contributed by atoms with Crippen LogP contribution in [0.3, 0.4) is 0 Å². The predicted octanol–water partition coefficient (Wildman–Crippen LogP) is 4.44. The van der Waals surface area contributed by atoms with Gasteiger partial charge in [0.15, 0.2) is 0 Å². The fraction of sp³-hybridized carbons (Fsp3) is 0. The number of ketones is 1. The second-order valence-corrected chi connectivity index (χ2v) is 5.89. The van der Waals surface area contributed by atoms with Gasteiger partial charge in [-0.2, -0.15) is 4.39 Å². The van der Waals surface area contributed by atoms with E-state index in [9.17, 15) is 13.6 Å². The zero-order chi connectivity index (χ0) is 18.8. The molecule has 0 radical (unpaired) electrons. The molecule has 0 unspecified atom stereocenters. The third-order valence-corrected chi connectivity index (χ3v) is 4.14. The van der Waals surface area contributed by atoms with Gasteiger partial charge in [-0.25, -0.2) is 14.4 Å². The van der Waals surface area contributed by atoms with Crippen molar-refractivity contribution in [3.05, 3.63) is 102 Å². The van der Waals surface area contributed by atoms with Gasteiger partial charge < -0.3 is 4.57 Å². The summed E-state index contributed by atoms with van der Waals surface area (Å²) in [5.41, 5.74) is 2.37. The normalized spacial score (nSPS) is 10.7. The van der Waals surface area contributed by atoms with Gasteiger partial charge in [-0.05, 0) is 54.1 Å². The van der Waals surface area contributed by atoms with Crippen molar-refractivity contribution in [2.75, 3.05) is 0 Å². The van der Waals surface area contributed by atoms with Gasteiger partial charge in [0, 0.05) is 29.2 Å². The van der Waals surface area contributed by atoms with E-state index in [4.69, 9.17) is 0 Å². The monoisotopic (exact) mass is 361 g/mol. The number of nitrogens with zero attached hydrogens (tertiary/aromatic N) is 3. The van der Waals surface area contributed by atoms with E-state index >= 15 is 0 Å². The number of carbonyl (C=O) groups excluding carboxylic acids is 1. The molecule has 2 aromatic carbocycles. The van der Waals surface area contributed by atoms with Gasteiger partial charge in [-0.1, -0.05) is 12.1 Å². The van der Waals surface area contributed by atoms with Gasteiger partial charge in [0.2, 0.25) is 11.7 Å². The smallest absolute Gasteiger partial charge is 0.220 e. The molecule has 0 atom stereocenters. The molecule has 2 aromatic heterocycles.